The second kappa shape index (κ2) is 5.48. The fraction of sp³-hybridized carbons (Fsp3) is 0.176. The molecule has 1 atom stereocenters. The molecule has 2 aromatic rings. The Morgan fingerprint density at radius 2 is 1.86 bits per heavy atom. The van der Waals surface area contributed by atoms with E-state index in [1.807, 2.05) is 18.2 Å². The zero-order valence-electron chi connectivity index (χ0n) is 11.8. The van der Waals surface area contributed by atoms with E-state index in [1.54, 1.807) is 19.1 Å². The summed E-state index contributed by atoms with van der Waals surface area (Å²) in [7, 11) is 0. The normalized spacial score (nSPS) is 18.1. The summed E-state index contributed by atoms with van der Waals surface area (Å²) in [5, 5.41) is 8.27. The van der Waals surface area contributed by atoms with E-state index >= 15 is 0 Å². The Hall–Kier alpha value is -2.49. The molecular formula is C17H16FN3. The zero-order chi connectivity index (χ0) is 14.8. The molecule has 2 N–H and O–H groups in total. The molecule has 0 radical (unpaired) electrons. The van der Waals surface area contributed by atoms with Crippen LogP contribution in [0.3, 0.4) is 0 Å². The smallest absolute Gasteiger partial charge is 0.126 e. The van der Waals surface area contributed by atoms with Crippen molar-refractivity contribution >= 4 is 11.5 Å². The fourth-order valence-electron chi connectivity index (χ4n) is 2.56. The Bertz CT molecular complexity index is 720. The van der Waals surface area contributed by atoms with Crippen molar-refractivity contribution < 1.29 is 4.39 Å². The van der Waals surface area contributed by atoms with E-state index in [4.69, 9.17) is 5.73 Å². The summed E-state index contributed by atoms with van der Waals surface area (Å²) >= 11 is 0. The first-order valence-electron chi connectivity index (χ1n) is 6.86. The van der Waals surface area contributed by atoms with Gasteiger partial charge in [-0.05, 0) is 35.7 Å². The third-order valence-corrected chi connectivity index (χ3v) is 3.69. The molecule has 1 heterocycles. The Labute approximate surface area is 123 Å². The number of amidine groups is 1. The van der Waals surface area contributed by atoms with Crippen molar-refractivity contribution in [2.45, 2.75) is 19.3 Å². The van der Waals surface area contributed by atoms with Crippen molar-refractivity contribution in [2.75, 3.05) is 0 Å². The van der Waals surface area contributed by atoms with Crippen LogP contribution in [0.2, 0.25) is 0 Å². The van der Waals surface area contributed by atoms with Gasteiger partial charge in [-0.2, -0.15) is 5.10 Å². The lowest BCUT2D eigenvalue weighted by molar-refractivity contribution is 0.618. The van der Waals surface area contributed by atoms with E-state index in [0.717, 1.165) is 16.8 Å². The van der Waals surface area contributed by atoms with Gasteiger partial charge in [0.15, 0.2) is 0 Å². The molecule has 1 unspecified atom stereocenters. The van der Waals surface area contributed by atoms with Gasteiger partial charge in [0.25, 0.3) is 0 Å². The summed E-state index contributed by atoms with van der Waals surface area (Å²) in [6.07, 6.45) is 0.624. The number of hydrogen-bond donors (Lipinski definition) is 1. The molecule has 0 amide bonds. The summed E-state index contributed by atoms with van der Waals surface area (Å²) in [6.45, 7) is 1.75. The number of benzene rings is 2. The minimum absolute atomic E-state index is 0.0496. The fourth-order valence-corrected chi connectivity index (χ4v) is 2.56. The summed E-state index contributed by atoms with van der Waals surface area (Å²) < 4.78 is 13.5. The van der Waals surface area contributed by atoms with Crippen LogP contribution in [-0.4, -0.2) is 11.5 Å². The van der Waals surface area contributed by atoms with E-state index < -0.39 is 0 Å². The van der Waals surface area contributed by atoms with E-state index in [2.05, 4.69) is 22.3 Å². The molecule has 0 bridgehead atoms. The third-order valence-electron chi connectivity index (χ3n) is 3.69. The van der Waals surface area contributed by atoms with Crippen LogP contribution in [0, 0.1) is 12.7 Å². The lowest BCUT2D eigenvalue weighted by Crippen LogP contribution is -2.25. The van der Waals surface area contributed by atoms with E-state index in [9.17, 15) is 4.39 Å². The summed E-state index contributed by atoms with van der Waals surface area (Å²) in [5.41, 5.74) is 9.30. The summed E-state index contributed by atoms with van der Waals surface area (Å²) in [6, 6.07) is 15.1. The number of hydrogen-bond acceptors (Lipinski definition) is 3. The van der Waals surface area contributed by atoms with Gasteiger partial charge in [-0.15, -0.1) is 5.10 Å². The van der Waals surface area contributed by atoms with Crippen molar-refractivity contribution in [3.05, 3.63) is 71.0 Å². The first-order valence-corrected chi connectivity index (χ1v) is 6.86. The monoisotopic (exact) mass is 281 g/mol. The molecule has 2 aromatic carbocycles. The highest BCUT2D eigenvalue weighted by atomic mass is 19.1. The van der Waals surface area contributed by atoms with Crippen molar-refractivity contribution in [2.24, 2.45) is 15.9 Å². The second-order valence-electron chi connectivity index (χ2n) is 5.21. The van der Waals surface area contributed by atoms with Crippen LogP contribution in [0.25, 0.3) is 0 Å². The van der Waals surface area contributed by atoms with Gasteiger partial charge in [-0.25, -0.2) is 4.39 Å². The predicted molar refractivity (Wildman–Crippen MR) is 83.1 cm³/mol. The van der Waals surface area contributed by atoms with Gasteiger partial charge in [0.1, 0.15) is 11.7 Å². The lowest BCUT2D eigenvalue weighted by Gasteiger charge is -2.22. The maximum absolute atomic E-state index is 13.5. The second-order valence-corrected chi connectivity index (χ2v) is 5.21. The summed E-state index contributed by atoms with van der Waals surface area (Å²) in [5.74, 6) is 0.356. The average molecular weight is 281 g/mol. The maximum atomic E-state index is 13.5. The highest BCUT2D eigenvalue weighted by Gasteiger charge is 2.24. The molecule has 106 valence electrons. The minimum Gasteiger partial charge on any atom is -0.386 e. The number of rotatable bonds is 2. The highest BCUT2D eigenvalue weighted by molar-refractivity contribution is 6.08. The molecule has 3 nitrogen and oxygen atoms in total. The standard InChI is InChI=1S/C17H16FN3/c1-11-9-13(7-8-15(11)18)17-14(10-16(19)20-21-17)12-5-3-2-4-6-12/h2-9,14H,10H2,1H3,(H2,19,20). The van der Waals surface area contributed by atoms with Crippen LogP contribution in [0.1, 0.15) is 29.0 Å². The first kappa shape index (κ1) is 13.5. The van der Waals surface area contributed by atoms with Gasteiger partial charge in [0, 0.05) is 12.3 Å². The molecule has 3 rings (SSSR count). The quantitative estimate of drug-likeness (QED) is 0.901. The zero-order valence-corrected chi connectivity index (χ0v) is 11.8. The molecular weight excluding hydrogens is 265 g/mol. The SMILES string of the molecule is Cc1cc(C2=NN=C(N)CC2c2ccccc2)ccc1F. The molecule has 0 spiro atoms. The van der Waals surface area contributed by atoms with Crippen LogP contribution in [0.4, 0.5) is 4.39 Å². The molecule has 0 saturated carbocycles. The van der Waals surface area contributed by atoms with Crippen LogP contribution < -0.4 is 5.73 Å². The van der Waals surface area contributed by atoms with Crippen molar-refractivity contribution in [1.29, 1.82) is 0 Å². The minimum atomic E-state index is -0.213. The number of halogens is 1. The topological polar surface area (TPSA) is 50.7 Å². The van der Waals surface area contributed by atoms with Gasteiger partial charge >= 0.3 is 0 Å². The molecule has 4 heteroatoms. The van der Waals surface area contributed by atoms with Crippen molar-refractivity contribution in [3.8, 4) is 0 Å². The maximum Gasteiger partial charge on any atom is 0.126 e. The van der Waals surface area contributed by atoms with Crippen molar-refractivity contribution in [3.63, 3.8) is 0 Å². The molecule has 0 aromatic heterocycles. The first-order chi connectivity index (χ1) is 10.1. The van der Waals surface area contributed by atoms with Crippen LogP contribution >= 0.6 is 0 Å². The number of nitrogens with two attached hydrogens (primary N) is 1. The van der Waals surface area contributed by atoms with Gasteiger partial charge < -0.3 is 5.73 Å². The molecule has 0 aliphatic carbocycles. The largest absolute Gasteiger partial charge is 0.386 e. The highest BCUT2D eigenvalue weighted by Crippen LogP contribution is 2.28. The Balaban J connectivity index is 2.06. The Kier molecular flexibility index (Phi) is 3.52. The van der Waals surface area contributed by atoms with E-state index in [0.29, 0.717) is 17.8 Å². The predicted octanol–water partition coefficient (Wildman–Crippen LogP) is 3.38. The van der Waals surface area contributed by atoms with Gasteiger partial charge in [-0.3, -0.25) is 0 Å². The Morgan fingerprint density at radius 3 is 2.57 bits per heavy atom. The summed E-state index contributed by atoms with van der Waals surface area (Å²) in [4.78, 5) is 0. The Morgan fingerprint density at radius 1 is 1.10 bits per heavy atom. The van der Waals surface area contributed by atoms with E-state index in [-0.39, 0.29) is 11.7 Å². The number of aryl methyl sites for hydroxylation is 1. The van der Waals surface area contributed by atoms with Gasteiger partial charge in [0.05, 0.1) is 5.71 Å². The average Bonchev–Trinajstić information content (AvgIpc) is 2.51. The van der Waals surface area contributed by atoms with Crippen LogP contribution in [-0.2, 0) is 0 Å². The third kappa shape index (κ3) is 2.70. The van der Waals surface area contributed by atoms with Crippen LogP contribution in [0.15, 0.2) is 58.7 Å². The number of nitrogens with zero attached hydrogens (tertiary/aromatic N) is 2. The van der Waals surface area contributed by atoms with E-state index in [1.165, 1.54) is 6.07 Å². The van der Waals surface area contributed by atoms with Gasteiger partial charge in [-0.1, -0.05) is 36.4 Å². The molecule has 1 aliphatic rings. The lowest BCUT2D eigenvalue weighted by atomic mass is 9.86. The van der Waals surface area contributed by atoms with Crippen molar-refractivity contribution in [1.82, 2.24) is 0 Å². The van der Waals surface area contributed by atoms with Gasteiger partial charge in [0.2, 0.25) is 0 Å². The molecule has 0 saturated heterocycles. The molecule has 0 fully saturated rings. The van der Waals surface area contributed by atoms with Crippen LogP contribution in [0.5, 0.6) is 0 Å². The molecule has 21 heavy (non-hydrogen) atoms. The molecule has 1 aliphatic heterocycles.